The van der Waals surface area contributed by atoms with Gasteiger partial charge in [-0.15, -0.1) is 0 Å². The minimum atomic E-state index is -0.536. The molecule has 0 saturated heterocycles. The third-order valence-electron chi connectivity index (χ3n) is 4.46. The van der Waals surface area contributed by atoms with Crippen LogP contribution in [0.4, 0.5) is 5.82 Å². The molecule has 3 N–H and O–H groups in total. The summed E-state index contributed by atoms with van der Waals surface area (Å²) < 4.78 is 1.87. The van der Waals surface area contributed by atoms with E-state index in [1.54, 1.807) is 25.4 Å². The maximum absolute atomic E-state index is 12.5. The van der Waals surface area contributed by atoms with Crippen molar-refractivity contribution in [1.82, 2.24) is 20.1 Å². The van der Waals surface area contributed by atoms with Gasteiger partial charge in [0, 0.05) is 31.7 Å². The van der Waals surface area contributed by atoms with E-state index in [0.717, 1.165) is 18.7 Å². The van der Waals surface area contributed by atoms with Crippen molar-refractivity contribution in [1.29, 1.82) is 0 Å². The Hall–Kier alpha value is -2.41. The molecular weight excluding hydrogens is 306 g/mol. The van der Waals surface area contributed by atoms with E-state index in [-0.39, 0.29) is 11.9 Å². The van der Waals surface area contributed by atoms with Crippen LogP contribution in [0.3, 0.4) is 0 Å². The van der Waals surface area contributed by atoms with Gasteiger partial charge in [-0.1, -0.05) is 0 Å². The summed E-state index contributed by atoms with van der Waals surface area (Å²) in [6, 6.07) is 5.20. The van der Waals surface area contributed by atoms with Gasteiger partial charge in [0.05, 0.1) is 17.7 Å². The van der Waals surface area contributed by atoms with Crippen LogP contribution in [0.5, 0.6) is 0 Å². The molecule has 0 bridgehead atoms. The number of anilines is 1. The van der Waals surface area contributed by atoms with E-state index in [9.17, 15) is 9.90 Å². The van der Waals surface area contributed by atoms with Crippen LogP contribution >= 0.6 is 0 Å². The predicted molar refractivity (Wildman–Crippen MR) is 90.7 cm³/mol. The predicted octanol–water partition coefficient (Wildman–Crippen LogP) is 1.20. The number of aliphatic hydroxyl groups is 1. The highest BCUT2D eigenvalue weighted by molar-refractivity contribution is 5.98. The van der Waals surface area contributed by atoms with Gasteiger partial charge in [-0.25, -0.2) is 4.98 Å². The molecule has 2 heterocycles. The molecule has 24 heavy (non-hydrogen) atoms. The van der Waals surface area contributed by atoms with E-state index in [1.807, 2.05) is 23.9 Å². The molecule has 0 spiro atoms. The van der Waals surface area contributed by atoms with Crippen molar-refractivity contribution in [2.24, 2.45) is 5.92 Å². The van der Waals surface area contributed by atoms with Gasteiger partial charge in [0.2, 0.25) is 0 Å². The normalized spacial score (nSPS) is 23.2. The van der Waals surface area contributed by atoms with Gasteiger partial charge in [0.1, 0.15) is 5.82 Å². The lowest BCUT2D eigenvalue weighted by molar-refractivity contribution is 0.0873. The first-order valence-electron chi connectivity index (χ1n) is 8.18. The molecule has 7 heteroatoms. The first-order chi connectivity index (χ1) is 11.6. The molecule has 0 aliphatic heterocycles. The van der Waals surface area contributed by atoms with Gasteiger partial charge in [-0.05, 0) is 43.9 Å². The zero-order chi connectivity index (χ0) is 17.1. The Kier molecular flexibility index (Phi) is 4.80. The number of hydrogen-bond donors (Lipinski definition) is 3. The maximum atomic E-state index is 12.5. The highest BCUT2D eigenvalue weighted by Gasteiger charge is 2.34. The molecule has 1 unspecified atom stereocenters. The second-order valence-corrected chi connectivity index (χ2v) is 6.31. The second-order valence-electron chi connectivity index (χ2n) is 6.31. The molecule has 0 aromatic carbocycles. The fraction of sp³-hybridized carbons (Fsp3) is 0.471. The minimum Gasteiger partial charge on any atom is -0.391 e. The summed E-state index contributed by atoms with van der Waals surface area (Å²) in [7, 11) is 1.74. The van der Waals surface area contributed by atoms with Crippen molar-refractivity contribution in [3.63, 3.8) is 0 Å². The molecule has 3 atom stereocenters. The summed E-state index contributed by atoms with van der Waals surface area (Å²) in [6.07, 6.45) is 4.52. The number of nitrogens with zero attached hydrogens (tertiary/aromatic N) is 3. The first kappa shape index (κ1) is 16.4. The van der Waals surface area contributed by atoms with E-state index in [0.29, 0.717) is 23.7 Å². The van der Waals surface area contributed by atoms with Gasteiger partial charge in [0.15, 0.2) is 0 Å². The van der Waals surface area contributed by atoms with E-state index < -0.39 is 6.10 Å². The lowest BCUT2D eigenvalue weighted by Crippen LogP contribution is -2.40. The quantitative estimate of drug-likeness (QED) is 0.766. The monoisotopic (exact) mass is 329 g/mol. The molecule has 0 radical (unpaired) electrons. The highest BCUT2D eigenvalue weighted by atomic mass is 16.3. The number of nitrogens with one attached hydrogen (secondary N) is 2. The second kappa shape index (κ2) is 7.00. The number of pyridine rings is 1. The standard InChI is InChI=1S/C17H23N5O2/c1-11-4-5-13(16(18-2)20-11)17(24)21-14-8-12(9-15(14)23)10-22-7-3-6-19-22/h3-7,12,14-15,23H,8-10H2,1-2H3,(H,18,20)(H,21,24)/t12?,14-,15-/m1/s1. The zero-order valence-electron chi connectivity index (χ0n) is 13.9. The zero-order valence-corrected chi connectivity index (χ0v) is 13.9. The van der Waals surface area contributed by atoms with Crippen LogP contribution in [0, 0.1) is 12.8 Å². The van der Waals surface area contributed by atoms with E-state index in [2.05, 4.69) is 20.7 Å². The fourth-order valence-corrected chi connectivity index (χ4v) is 3.27. The summed E-state index contributed by atoms with van der Waals surface area (Å²) >= 11 is 0. The molecule has 1 fully saturated rings. The Morgan fingerprint density at radius 3 is 2.96 bits per heavy atom. The molecule has 2 aromatic heterocycles. The van der Waals surface area contributed by atoms with Crippen LogP contribution in [-0.4, -0.2) is 45.0 Å². The largest absolute Gasteiger partial charge is 0.391 e. The number of aryl methyl sites for hydroxylation is 1. The highest BCUT2D eigenvalue weighted by Crippen LogP contribution is 2.28. The van der Waals surface area contributed by atoms with Crippen LogP contribution in [0.1, 0.15) is 28.9 Å². The molecule has 128 valence electrons. The first-order valence-corrected chi connectivity index (χ1v) is 8.18. The fourth-order valence-electron chi connectivity index (χ4n) is 3.27. The Bertz CT molecular complexity index is 701. The van der Waals surface area contributed by atoms with Gasteiger partial charge in [0.25, 0.3) is 5.91 Å². The SMILES string of the molecule is CNc1nc(C)ccc1C(=O)N[C@@H]1CC(Cn2cccn2)C[C@H]1O. The molecule has 3 rings (SSSR count). The lowest BCUT2D eigenvalue weighted by Gasteiger charge is -2.17. The third-order valence-corrected chi connectivity index (χ3v) is 4.46. The molecule has 1 saturated carbocycles. The molecule has 2 aromatic rings. The Morgan fingerprint density at radius 2 is 2.25 bits per heavy atom. The van der Waals surface area contributed by atoms with Crippen molar-refractivity contribution in [2.75, 3.05) is 12.4 Å². The van der Waals surface area contributed by atoms with Crippen LogP contribution in [0.2, 0.25) is 0 Å². The smallest absolute Gasteiger partial charge is 0.255 e. The van der Waals surface area contributed by atoms with Crippen molar-refractivity contribution in [3.05, 3.63) is 41.9 Å². The Morgan fingerprint density at radius 1 is 1.42 bits per heavy atom. The average Bonchev–Trinajstić information content (AvgIpc) is 3.17. The van der Waals surface area contributed by atoms with Crippen molar-refractivity contribution in [2.45, 2.75) is 38.5 Å². The number of carbonyl (C=O) groups is 1. The number of rotatable bonds is 5. The van der Waals surface area contributed by atoms with Crippen LogP contribution in [0.25, 0.3) is 0 Å². The van der Waals surface area contributed by atoms with E-state index >= 15 is 0 Å². The van der Waals surface area contributed by atoms with Crippen LogP contribution in [-0.2, 0) is 6.54 Å². The maximum Gasteiger partial charge on any atom is 0.255 e. The van der Waals surface area contributed by atoms with Crippen LogP contribution in [0.15, 0.2) is 30.6 Å². The Balaban J connectivity index is 1.64. The summed E-state index contributed by atoms with van der Waals surface area (Å²) in [5.74, 6) is 0.633. The summed E-state index contributed by atoms with van der Waals surface area (Å²) in [5.41, 5.74) is 1.34. The summed E-state index contributed by atoms with van der Waals surface area (Å²) in [5, 5.41) is 20.4. The van der Waals surface area contributed by atoms with Gasteiger partial charge in [-0.2, -0.15) is 5.10 Å². The molecular formula is C17H23N5O2. The van der Waals surface area contributed by atoms with E-state index in [4.69, 9.17) is 0 Å². The number of hydrogen-bond acceptors (Lipinski definition) is 5. The summed E-state index contributed by atoms with van der Waals surface area (Å²) in [6.45, 7) is 2.63. The molecule has 1 aliphatic carbocycles. The summed E-state index contributed by atoms with van der Waals surface area (Å²) in [4.78, 5) is 16.9. The van der Waals surface area contributed by atoms with Crippen molar-refractivity contribution >= 4 is 11.7 Å². The average molecular weight is 329 g/mol. The van der Waals surface area contributed by atoms with E-state index in [1.165, 1.54) is 0 Å². The van der Waals surface area contributed by atoms with Crippen LogP contribution < -0.4 is 10.6 Å². The number of aromatic nitrogens is 3. The molecule has 1 aliphatic rings. The lowest BCUT2D eigenvalue weighted by atomic mass is 10.1. The molecule has 1 amide bonds. The third kappa shape index (κ3) is 3.56. The number of amides is 1. The topological polar surface area (TPSA) is 92.1 Å². The van der Waals surface area contributed by atoms with Crippen molar-refractivity contribution in [3.8, 4) is 0 Å². The molecule has 7 nitrogen and oxygen atoms in total. The number of carbonyl (C=O) groups excluding carboxylic acids is 1. The van der Waals surface area contributed by atoms with Gasteiger partial charge >= 0.3 is 0 Å². The van der Waals surface area contributed by atoms with Gasteiger partial charge in [-0.3, -0.25) is 9.48 Å². The van der Waals surface area contributed by atoms with Gasteiger partial charge < -0.3 is 15.7 Å². The Labute approximate surface area is 141 Å². The minimum absolute atomic E-state index is 0.212. The number of aliphatic hydroxyl groups excluding tert-OH is 1. The van der Waals surface area contributed by atoms with Crippen molar-refractivity contribution < 1.29 is 9.90 Å².